The van der Waals surface area contributed by atoms with Gasteiger partial charge in [-0.2, -0.15) is 0 Å². The SMILES string of the molecule is CCCc1c(/C=C/c2ccco2)nc2ccc(C(=O)O)cn2c1=O. The molecular formula is C18H16N2O4. The van der Waals surface area contributed by atoms with Gasteiger partial charge in [-0.15, -0.1) is 0 Å². The number of rotatable bonds is 5. The second-order valence-electron chi connectivity index (χ2n) is 5.33. The highest BCUT2D eigenvalue weighted by Crippen LogP contribution is 2.13. The molecule has 0 unspecified atom stereocenters. The Kier molecular flexibility index (Phi) is 4.29. The van der Waals surface area contributed by atoms with Gasteiger partial charge in [0.2, 0.25) is 0 Å². The lowest BCUT2D eigenvalue weighted by molar-refractivity contribution is 0.0696. The van der Waals surface area contributed by atoms with Crippen LogP contribution in [0.5, 0.6) is 0 Å². The summed E-state index contributed by atoms with van der Waals surface area (Å²) in [5.74, 6) is -0.414. The van der Waals surface area contributed by atoms with Crippen LogP contribution >= 0.6 is 0 Å². The Hall–Kier alpha value is -3.15. The summed E-state index contributed by atoms with van der Waals surface area (Å²) in [6, 6.07) is 6.56. The van der Waals surface area contributed by atoms with Crippen molar-refractivity contribution in [2.45, 2.75) is 19.8 Å². The van der Waals surface area contributed by atoms with Crippen molar-refractivity contribution in [1.82, 2.24) is 9.38 Å². The average Bonchev–Trinajstić information content (AvgIpc) is 3.09. The lowest BCUT2D eigenvalue weighted by Gasteiger charge is -2.08. The molecule has 6 nitrogen and oxygen atoms in total. The Balaban J connectivity index is 2.18. The second-order valence-corrected chi connectivity index (χ2v) is 5.33. The van der Waals surface area contributed by atoms with E-state index in [4.69, 9.17) is 9.52 Å². The molecule has 0 aliphatic carbocycles. The standard InChI is InChI=1S/C18H16N2O4/c1-2-4-14-15(8-7-13-5-3-10-24-13)19-16-9-6-12(18(22)23)11-20(16)17(14)21/h3,5-11H,2,4H2,1H3,(H,22,23)/b8-7+. The van der Waals surface area contributed by atoms with Gasteiger partial charge in [0.25, 0.3) is 5.56 Å². The molecule has 3 aromatic rings. The summed E-state index contributed by atoms with van der Waals surface area (Å²) >= 11 is 0. The van der Waals surface area contributed by atoms with Gasteiger partial charge in [-0.25, -0.2) is 9.78 Å². The van der Waals surface area contributed by atoms with Gasteiger partial charge in [-0.1, -0.05) is 13.3 Å². The summed E-state index contributed by atoms with van der Waals surface area (Å²) in [7, 11) is 0. The molecule has 0 spiro atoms. The van der Waals surface area contributed by atoms with Crippen LogP contribution in [0.3, 0.4) is 0 Å². The largest absolute Gasteiger partial charge is 0.478 e. The molecule has 0 saturated heterocycles. The van der Waals surface area contributed by atoms with E-state index in [1.807, 2.05) is 13.0 Å². The number of aromatic carboxylic acids is 1. The van der Waals surface area contributed by atoms with E-state index in [1.54, 1.807) is 24.5 Å². The quantitative estimate of drug-likeness (QED) is 0.779. The van der Waals surface area contributed by atoms with Crippen LogP contribution in [-0.2, 0) is 6.42 Å². The zero-order valence-corrected chi connectivity index (χ0v) is 13.1. The monoisotopic (exact) mass is 324 g/mol. The lowest BCUT2D eigenvalue weighted by Crippen LogP contribution is -2.22. The van der Waals surface area contributed by atoms with Crippen molar-refractivity contribution in [3.05, 3.63) is 69.7 Å². The van der Waals surface area contributed by atoms with Gasteiger partial charge >= 0.3 is 5.97 Å². The first kappa shape index (κ1) is 15.7. The lowest BCUT2D eigenvalue weighted by atomic mass is 10.1. The number of carboxylic acids is 1. The van der Waals surface area contributed by atoms with Crippen molar-refractivity contribution in [1.29, 1.82) is 0 Å². The number of hydrogen-bond acceptors (Lipinski definition) is 4. The molecule has 6 heteroatoms. The third-order valence-electron chi connectivity index (χ3n) is 3.64. The van der Waals surface area contributed by atoms with E-state index in [1.165, 1.54) is 22.7 Å². The third kappa shape index (κ3) is 2.99. The van der Waals surface area contributed by atoms with Gasteiger partial charge in [0.15, 0.2) is 0 Å². The number of carbonyl (C=O) groups is 1. The molecule has 0 amide bonds. The molecule has 0 aliphatic heterocycles. The fourth-order valence-electron chi connectivity index (χ4n) is 2.49. The highest BCUT2D eigenvalue weighted by Gasteiger charge is 2.12. The van der Waals surface area contributed by atoms with E-state index in [2.05, 4.69) is 4.98 Å². The maximum Gasteiger partial charge on any atom is 0.337 e. The highest BCUT2D eigenvalue weighted by atomic mass is 16.4. The first-order valence-corrected chi connectivity index (χ1v) is 7.60. The molecule has 0 saturated carbocycles. The number of pyridine rings is 1. The Morgan fingerprint density at radius 2 is 2.17 bits per heavy atom. The van der Waals surface area contributed by atoms with Crippen molar-refractivity contribution in [3.8, 4) is 0 Å². The molecule has 0 fully saturated rings. The normalized spacial score (nSPS) is 11.4. The van der Waals surface area contributed by atoms with E-state index in [-0.39, 0.29) is 11.1 Å². The van der Waals surface area contributed by atoms with E-state index in [0.717, 1.165) is 6.42 Å². The zero-order chi connectivity index (χ0) is 17.1. The number of hydrogen-bond donors (Lipinski definition) is 1. The van der Waals surface area contributed by atoms with Crippen LogP contribution < -0.4 is 5.56 Å². The minimum absolute atomic E-state index is 0.0488. The molecule has 3 aromatic heterocycles. The topological polar surface area (TPSA) is 84.8 Å². The van der Waals surface area contributed by atoms with Crippen molar-refractivity contribution >= 4 is 23.8 Å². The zero-order valence-electron chi connectivity index (χ0n) is 13.1. The third-order valence-corrected chi connectivity index (χ3v) is 3.64. The molecule has 0 atom stereocenters. The van der Waals surface area contributed by atoms with Crippen LogP contribution in [-0.4, -0.2) is 20.5 Å². The molecule has 3 rings (SSSR count). The van der Waals surface area contributed by atoms with Crippen molar-refractivity contribution in [2.75, 3.05) is 0 Å². The molecule has 0 aromatic carbocycles. The number of nitrogens with zero attached hydrogens (tertiary/aromatic N) is 2. The molecule has 1 N–H and O–H groups in total. The average molecular weight is 324 g/mol. The molecule has 122 valence electrons. The Morgan fingerprint density at radius 1 is 1.33 bits per heavy atom. The number of furan rings is 1. The predicted octanol–water partition coefficient (Wildman–Crippen LogP) is 3.11. The summed E-state index contributed by atoms with van der Waals surface area (Å²) in [6.07, 6.45) is 7.72. The fourth-order valence-corrected chi connectivity index (χ4v) is 2.49. The Labute approximate surface area is 137 Å². The highest BCUT2D eigenvalue weighted by molar-refractivity contribution is 5.87. The molecular weight excluding hydrogens is 308 g/mol. The molecule has 0 radical (unpaired) electrons. The van der Waals surface area contributed by atoms with Crippen LogP contribution in [0.25, 0.3) is 17.8 Å². The summed E-state index contributed by atoms with van der Waals surface area (Å²) < 4.78 is 6.54. The molecule has 24 heavy (non-hydrogen) atoms. The van der Waals surface area contributed by atoms with Gasteiger partial charge in [-0.3, -0.25) is 9.20 Å². The minimum atomic E-state index is -1.08. The minimum Gasteiger partial charge on any atom is -0.478 e. The summed E-state index contributed by atoms with van der Waals surface area (Å²) in [5.41, 5.74) is 1.34. The number of fused-ring (bicyclic) bond motifs is 1. The Bertz CT molecular complexity index is 969. The fraction of sp³-hybridized carbons (Fsp3) is 0.167. The number of carboxylic acid groups (broad SMARTS) is 1. The van der Waals surface area contributed by atoms with E-state index in [9.17, 15) is 9.59 Å². The van der Waals surface area contributed by atoms with E-state index < -0.39 is 5.97 Å². The first-order valence-electron chi connectivity index (χ1n) is 7.60. The molecule has 0 aliphatic rings. The first-order chi connectivity index (χ1) is 11.6. The van der Waals surface area contributed by atoms with Crippen LogP contribution in [0.4, 0.5) is 0 Å². The van der Waals surface area contributed by atoms with Crippen molar-refractivity contribution in [2.24, 2.45) is 0 Å². The van der Waals surface area contributed by atoms with Crippen LogP contribution in [0, 0.1) is 0 Å². The summed E-state index contributed by atoms with van der Waals surface area (Å²) in [6.45, 7) is 1.97. The maximum absolute atomic E-state index is 12.7. The van der Waals surface area contributed by atoms with E-state index in [0.29, 0.717) is 29.1 Å². The van der Waals surface area contributed by atoms with E-state index >= 15 is 0 Å². The van der Waals surface area contributed by atoms with Gasteiger partial charge in [0.1, 0.15) is 11.4 Å². The van der Waals surface area contributed by atoms with Gasteiger partial charge in [0, 0.05) is 11.8 Å². The summed E-state index contributed by atoms with van der Waals surface area (Å²) in [4.78, 5) is 28.4. The Morgan fingerprint density at radius 3 is 2.83 bits per heavy atom. The van der Waals surface area contributed by atoms with Crippen molar-refractivity contribution in [3.63, 3.8) is 0 Å². The van der Waals surface area contributed by atoms with Crippen molar-refractivity contribution < 1.29 is 14.3 Å². The van der Waals surface area contributed by atoms with Crippen LogP contribution in [0.15, 0.2) is 45.9 Å². The van der Waals surface area contributed by atoms with Crippen LogP contribution in [0.2, 0.25) is 0 Å². The smallest absolute Gasteiger partial charge is 0.337 e. The second kappa shape index (κ2) is 6.54. The number of aromatic nitrogens is 2. The summed E-state index contributed by atoms with van der Waals surface area (Å²) in [5, 5.41) is 9.09. The molecule has 0 bridgehead atoms. The van der Waals surface area contributed by atoms with Gasteiger partial charge in [0.05, 0.1) is 17.5 Å². The van der Waals surface area contributed by atoms with Gasteiger partial charge in [-0.05, 0) is 42.8 Å². The van der Waals surface area contributed by atoms with Gasteiger partial charge < -0.3 is 9.52 Å². The predicted molar refractivity (Wildman–Crippen MR) is 90.1 cm³/mol. The van der Waals surface area contributed by atoms with Crippen LogP contribution in [0.1, 0.15) is 40.7 Å². The maximum atomic E-state index is 12.7. The molecule has 3 heterocycles.